The Balaban J connectivity index is 2.31. The zero-order valence-electron chi connectivity index (χ0n) is 9.95. The molecule has 0 radical (unpaired) electrons. The Kier molecular flexibility index (Phi) is 3.19. The van der Waals surface area contributed by atoms with Crippen molar-refractivity contribution in [3.63, 3.8) is 0 Å². The number of nitrogens with zero attached hydrogens (tertiary/aromatic N) is 1. The normalized spacial score (nSPS) is 13.7. The Labute approximate surface area is 95.7 Å². The standard InChI is InChI=1S/C12H17NO3/c1-9-6-11-12(16-5-4-15-11)7-10(9)13(2)8-14-3/h6-7H,4-5,8H2,1-3H3. The van der Waals surface area contributed by atoms with E-state index in [0.29, 0.717) is 19.9 Å². The van der Waals surface area contributed by atoms with Crippen LogP contribution >= 0.6 is 0 Å². The number of hydrogen-bond acceptors (Lipinski definition) is 4. The molecule has 0 atom stereocenters. The SMILES string of the molecule is COCN(C)c1cc2c(cc1C)OCCO2. The first-order chi connectivity index (χ1) is 7.72. The van der Waals surface area contributed by atoms with Crippen molar-refractivity contribution >= 4 is 5.69 Å². The van der Waals surface area contributed by atoms with E-state index in [1.54, 1.807) is 7.11 Å². The molecule has 0 bridgehead atoms. The van der Waals surface area contributed by atoms with Gasteiger partial charge in [-0.1, -0.05) is 0 Å². The van der Waals surface area contributed by atoms with Crippen LogP contribution in [0.5, 0.6) is 11.5 Å². The summed E-state index contributed by atoms with van der Waals surface area (Å²) in [6.45, 7) is 3.85. The van der Waals surface area contributed by atoms with Gasteiger partial charge in [0.2, 0.25) is 0 Å². The maximum absolute atomic E-state index is 5.55. The monoisotopic (exact) mass is 223 g/mol. The maximum Gasteiger partial charge on any atom is 0.163 e. The fraction of sp³-hybridized carbons (Fsp3) is 0.500. The fourth-order valence-electron chi connectivity index (χ4n) is 1.85. The van der Waals surface area contributed by atoms with E-state index in [1.165, 1.54) is 0 Å². The predicted octanol–water partition coefficient (Wildman–Crippen LogP) is 1.81. The quantitative estimate of drug-likeness (QED) is 0.731. The van der Waals surface area contributed by atoms with Crippen molar-refractivity contribution in [3.8, 4) is 11.5 Å². The Morgan fingerprint density at radius 3 is 2.50 bits per heavy atom. The highest BCUT2D eigenvalue weighted by Gasteiger charge is 2.15. The lowest BCUT2D eigenvalue weighted by molar-refractivity contribution is 0.171. The molecule has 0 aromatic heterocycles. The number of benzene rings is 1. The molecule has 0 fully saturated rings. The molecule has 88 valence electrons. The number of anilines is 1. The van der Waals surface area contributed by atoms with Gasteiger partial charge >= 0.3 is 0 Å². The van der Waals surface area contributed by atoms with Crippen molar-refractivity contribution in [1.82, 2.24) is 0 Å². The zero-order chi connectivity index (χ0) is 11.5. The van der Waals surface area contributed by atoms with Crippen molar-refractivity contribution in [1.29, 1.82) is 0 Å². The van der Waals surface area contributed by atoms with Crippen molar-refractivity contribution < 1.29 is 14.2 Å². The van der Waals surface area contributed by atoms with E-state index in [2.05, 4.69) is 6.92 Å². The van der Waals surface area contributed by atoms with Crippen molar-refractivity contribution in [3.05, 3.63) is 17.7 Å². The van der Waals surface area contributed by atoms with Crippen LogP contribution in [0.2, 0.25) is 0 Å². The molecule has 1 aliphatic rings. The molecule has 4 nitrogen and oxygen atoms in total. The van der Waals surface area contributed by atoms with Crippen LogP contribution in [-0.2, 0) is 4.74 Å². The molecule has 1 aromatic carbocycles. The van der Waals surface area contributed by atoms with Gasteiger partial charge in [-0.15, -0.1) is 0 Å². The Hall–Kier alpha value is -1.42. The summed E-state index contributed by atoms with van der Waals surface area (Å²) in [6, 6.07) is 4.01. The van der Waals surface area contributed by atoms with Gasteiger partial charge in [0, 0.05) is 25.9 Å². The number of rotatable bonds is 3. The van der Waals surface area contributed by atoms with Crippen LogP contribution < -0.4 is 14.4 Å². The topological polar surface area (TPSA) is 30.9 Å². The van der Waals surface area contributed by atoms with Gasteiger partial charge in [0.15, 0.2) is 11.5 Å². The minimum absolute atomic E-state index is 0.556. The van der Waals surface area contributed by atoms with Crippen molar-refractivity contribution in [2.45, 2.75) is 6.92 Å². The largest absolute Gasteiger partial charge is 0.486 e. The van der Waals surface area contributed by atoms with Gasteiger partial charge < -0.3 is 19.1 Å². The molecule has 0 saturated heterocycles. The van der Waals surface area contributed by atoms with Gasteiger partial charge in [-0.25, -0.2) is 0 Å². The van der Waals surface area contributed by atoms with Crippen molar-refractivity contribution in [2.24, 2.45) is 0 Å². The Morgan fingerprint density at radius 2 is 1.88 bits per heavy atom. The highest BCUT2D eigenvalue weighted by atomic mass is 16.6. The minimum atomic E-state index is 0.556. The summed E-state index contributed by atoms with van der Waals surface area (Å²) in [4.78, 5) is 2.04. The highest BCUT2D eigenvalue weighted by molar-refractivity contribution is 5.61. The van der Waals surface area contributed by atoms with E-state index in [4.69, 9.17) is 14.2 Å². The first-order valence-corrected chi connectivity index (χ1v) is 5.32. The Bertz CT molecular complexity index is 379. The molecule has 0 unspecified atom stereocenters. The van der Waals surface area contributed by atoms with E-state index in [-0.39, 0.29) is 0 Å². The van der Waals surface area contributed by atoms with Gasteiger partial charge in [0.05, 0.1) is 0 Å². The van der Waals surface area contributed by atoms with Crippen LogP contribution in [0.4, 0.5) is 5.69 Å². The number of methoxy groups -OCH3 is 1. The van der Waals surface area contributed by atoms with E-state index in [1.807, 2.05) is 24.1 Å². The molecule has 0 amide bonds. The summed E-state index contributed by atoms with van der Waals surface area (Å²) in [6.07, 6.45) is 0. The van der Waals surface area contributed by atoms with Crippen LogP contribution in [0.3, 0.4) is 0 Å². The first-order valence-electron chi connectivity index (χ1n) is 5.32. The summed E-state index contributed by atoms with van der Waals surface area (Å²) in [5.41, 5.74) is 2.26. The molecule has 1 aliphatic heterocycles. The molecule has 0 saturated carbocycles. The average molecular weight is 223 g/mol. The molecule has 16 heavy (non-hydrogen) atoms. The van der Waals surface area contributed by atoms with Crippen LogP contribution in [-0.4, -0.2) is 34.1 Å². The smallest absolute Gasteiger partial charge is 0.163 e. The minimum Gasteiger partial charge on any atom is -0.486 e. The van der Waals surface area contributed by atoms with Gasteiger partial charge in [0.1, 0.15) is 19.9 Å². The summed E-state index contributed by atoms with van der Waals surface area (Å²) in [5, 5.41) is 0. The molecular weight excluding hydrogens is 206 g/mol. The lowest BCUT2D eigenvalue weighted by Gasteiger charge is -2.24. The molecule has 4 heteroatoms. The molecule has 0 aliphatic carbocycles. The van der Waals surface area contributed by atoms with E-state index < -0.39 is 0 Å². The van der Waals surface area contributed by atoms with E-state index >= 15 is 0 Å². The lowest BCUT2D eigenvalue weighted by atomic mass is 10.1. The van der Waals surface area contributed by atoms with Crippen LogP contribution in [0.15, 0.2) is 12.1 Å². The highest BCUT2D eigenvalue weighted by Crippen LogP contribution is 2.36. The van der Waals surface area contributed by atoms with E-state index in [9.17, 15) is 0 Å². The predicted molar refractivity (Wildman–Crippen MR) is 62.4 cm³/mol. The second kappa shape index (κ2) is 4.61. The third kappa shape index (κ3) is 2.07. The summed E-state index contributed by atoms with van der Waals surface area (Å²) in [7, 11) is 3.67. The summed E-state index contributed by atoms with van der Waals surface area (Å²) < 4.78 is 16.2. The third-order valence-corrected chi connectivity index (χ3v) is 2.59. The molecule has 1 aromatic rings. The average Bonchev–Trinajstić information content (AvgIpc) is 2.28. The number of hydrogen-bond donors (Lipinski definition) is 0. The first kappa shape index (κ1) is 11.1. The molecule has 0 spiro atoms. The number of aryl methyl sites for hydroxylation is 1. The van der Waals surface area contributed by atoms with E-state index in [0.717, 1.165) is 22.7 Å². The number of fused-ring (bicyclic) bond motifs is 1. The molecule has 1 heterocycles. The number of ether oxygens (including phenoxy) is 3. The van der Waals surface area contributed by atoms with Crippen LogP contribution in [0, 0.1) is 6.92 Å². The van der Waals surface area contributed by atoms with Gasteiger partial charge in [-0.2, -0.15) is 0 Å². The third-order valence-electron chi connectivity index (χ3n) is 2.59. The van der Waals surface area contributed by atoms with Crippen molar-refractivity contribution in [2.75, 3.05) is 39.0 Å². The molecule has 0 N–H and O–H groups in total. The van der Waals surface area contributed by atoms with Crippen LogP contribution in [0.1, 0.15) is 5.56 Å². The van der Waals surface area contributed by atoms with Gasteiger partial charge in [-0.3, -0.25) is 0 Å². The van der Waals surface area contributed by atoms with Gasteiger partial charge in [0.25, 0.3) is 0 Å². The molecule has 2 rings (SSSR count). The summed E-state index contributed by atoms with van der Waals surface area (Å²) >= 11 is 0. The van der Waals surface area contributed by atoms with Crippen LogP contribution in [0.25, 0.3) is 0 Å². The fourth-order valence-corrected chi connectivity index (χ4v) is 1.85. The summed E-state index contributed by atoms with van der Waals surface area (Å²) in [5.74, 6) is 1.65. The zero-order valence-corrected chi connectivity index (χ0v) is 9.95. The Morgan fingerprint density at radius 1 is 1.25 bits per heavy atom. The maximum atomic E-state index is 5.55. The second-order valence-electron chi connectivity index (χ2n) is 3.90. The second-order valence-corrected chi connectivity index (χ2v) is 3.90. The van der Waals surface area contributed by atoms with Gasteiger partial charge in [-0.05, 0) is 18.6 Å². The molecular formula is C12H17NO3. The lowest BCUT2D eigenvalue weighted by Crippen LogP contribution is -2.22.